The van der Waals surface area contributed by atoms with E-state index in [9.17, 15) is 12.8 Å². The molecule has 1 aliphatic heterocycles. The van der Waals surface area contributed by atoms with Gasteiger partial charge in [-0.15, -0.1) is 0 Å². The van der Waals surface area contributed by atoms with E-state index in [1.165, 1.54) is 13.0 Å². The molecule has 0 saturated carbocycles. The Kier molecular flexibility index (Phi) is 4.74. The fourth-order valence-corrected chi connectivity index (χ4v) is 3.78. The highest BCUT2D eigenvalue weighted by Crippen LogP contribution is 2.22. The number of ether oxygens (including phenoxy) is 1. The second-order valence-corrected chi connectivity index (χ2v) is 6.55. The van der Waals surface area contributed by atoms with Crippen LogP contribution in [-0.2, 0) is 21.4 Å². The van der Waals surface area contributed by atoms with Gasteiger partial charge in [0.05, 0.1) is 11.5 Å². The van der Waals surface area contributed by atoms with E-state index in [0.29, 0.717) is 26.1 Å². The van der Waals surface area contributed by atoms with Gasteiger partial charge in [-0.2, -0.15) is 0 Å². The minimum atomic E-state index is -3.80. The molecule has 1 saturated heterocycles. The van der Waals surface area contributed by atoms with Gasteiger partial charge in [-0.3, -0.25) is 0 Å². The molecule has 20 heavy (non-hydrogen) atoms. The molecule has 0 radical (unpaired) electrons. The van der Waals surface area contributed by atoms with E-state index in [0.717, 1.165) is 6.07 Å². The van der Waals surface area contributed by atoms with E-state index in [2.05, 4.69) is 4.72 Å². The molecule has 0 amide bonds. The summed E-state index contributed by atoms with van der Waals surface area (Å²) in [5, 5.41) is 9.07. The first-order chi connectivity index (χ1) is 9.44. The number of halogens is 1. The van der Waals surface area contributed by atoms with Gasteiger partial charge in [0.15, 0.2) is 0 Å². The molecule has 7 heteroatoms. The van der Waals surface area contributed by atoms with E-state index >= 15 is 0 Å². The quantitative estimate of drug-likeness (QED) is 0.873. The highest BCUT2D eigenvalue weighted by atomic mass is 32.2. The Bertz CT molecular complexity index is 582. The van der Waals surface area contributed by atoms with Gasteiger partial charge in [-0.05, 0) is 37.5 Å². The molecule has 5 nitrogen and oxygen atoms in total. The van der Waals surface area contributed by atoms with Crippen LogP contribution < -0.4 is 4.72 Å². The van der Waals surface area contributed by atoms with Crippen molar-refractivity contribution >= 4 is 10.0 Å². The summed E-state index contributed by atoms with van der Waals surface area (Å²) in [5.74, 6) is -0.635. The molecule has 0 bridgehead atoms. The summed E-state index contributed by atoms with van der Waals surface area (Å²) in [5.41, 5.74) is 0.294. The number of benzene rings is 1. The summed E-state index contributed by atoms with van der Waals surface area (Å²) in [6, 6.07) is 2.25. The highest BCUT2D eigenvalue weighted by molar-refractivity contribution is 7.89. The molecule has 2 N–H and O–H groups in total. The molecule has 0 aliphatic carbocycles. The van der Waals surface area contributed by atoms with Crippen molar-refractivity contribution in [3.05, 3.63) is 29.1 Å². The van der Waals surface area contributed by atoms with Crippen LogP contribution in [0.25, 0.3) is 0 Å². The van der Waals surface area contributed by atoms with Gasteiger partial charge in [0, 0.05) is 24.8 Å². The van der Waals surface area contributed by atoms with Crippen LogP contribution in [0.15, 0.2) is 17.0 Å². The highest BCUT2D eigenvalue weighted by Gasteiger charge is 2.25. The fourth-order valence-electron chi connectivity index (χ4n) is 2.18. The molecule has 0 spiro atoms. The molecule has 2 rings (SSSR count). The van der Waals surface area contributed by atoms with Crippen LogP contribution in [0.3, 0.4) is 0 Å². The van der Waals surface area contributed by atoms with Crippen molar-refractivity contribution in [3.63, 3.8) is 0 Å². The van der Waals surface area contributed by atoms with Gasteiger partial charge in [-0.25, -0.2) is 17.5 Å². The zero-order chi connectivity index (χ0) is 14.8. The molecule has 0 aromatic heterocycles. The van der Waals surface area contributed by atoms with Crippen molar-refractivity contribution in [2.45, 2.75) is 37.3 Å². The first-order valence-corrected chi connectivity index (χ1v) is 7.92. The number of sulfonamides is 1. The second-order valence-electron chi connectivity index (χ2n) is 4.87. The number of rotatable bonds is 4. The molecule has 1 aliphatic rings. The Morgan fingerprint density at radius 2 is 2.05 bits per heavy atom. The lowest BCUT2D eigenvalue weighted by Gasteiger charge is -2.23. The average molecular weight is 303 g/mol. The van der Waals surface area contributed by atoms with Crippen molar-refractivity contribution in [2.24, 2.45) is 0 Å². The number of hydrogen-bond acceptors (Lipinski definition) is 4. The van der Waals surface area contributed by atoms with E-state index in [1.54, 1.807) is 0 Å². The molecule has 1 fully saturated rings. The van der Waals surface area contributed by atoms with Crippen LogP contribution in [0.5, 0.6) is 0 Å². The third kappa shape index (κ3) is 3.35. The minimum absolute atomic E-state index is 0.0572. The Labute approximate surface area is 117 Å². The van der Waals surface area contributed by atoms with E-state index in [-0.39, 0.29) is 22.1 Å². The zero-order valence-electron chi connectivity index (χ0n) is 11.2. The van der Waals surface area contributed by atoms with Crippen molar-refractivity contribution in [1.82, 2.24) is 4.72 Å². The first kappa shape index (κ1) is 15.4. The standard InChI is InChI=1S/C13H18FNO4S/c1-9-12(14)6-10(8-16)7-13(9)20(17,18)15-11-2-4-19-5-3-11/h6-7,11,15-16H,2-5,8H2,1H3. The van der Waals surface area contributed by atoms with Crippen molar-refractivity contribution < 1.29 is 22.7 Å². The number of aliphatic hydroxyl groups excluding tert-OH is 1. The average Bonchev–Trinajstić information content (AvgIpc) is 2.42. The lowest BCUT2D eigenvalue weighted by Crippen LogP contribution is -2.39. The van der Waals surface area contributed by atoms with Gasteiger partial charge >= 0.3 is 0 Å². The van der Waals surface area contributed by atoms with Gasteiger partial charge in [0.2, 0.25) is 10.0 Å². The maximum atomic E-state index is 13.7. The molecule has 0 unspecified atom stereocenters. The number of hydrogen-bond donors (Lipinski definition) is 2. The molecule has 112 valence electrons. The molecule has 1 aromatic rings. The largest absolute Gasteiger partial charge is 0.392 e. The molecule has 1 heterocycles. The Balaban J connectivity index is 2.30. The predicted octanol–water partition coefficient (Wildman–Crippen LogP) is 1.08. The first-order valence-electron chi connectivity index (χ1n) is 6.44. The zero-order valence-corrected chi connectivity index (χ0v) is 12.0. The monoisotopic (exact) mass is 303 g/mol. The smallest absolute Gasteiger partial charge is 0.241 e. The summed E-state index contributed by atoms with van der Waals surface area (Å²) in [4.78, 5) is -0.118. The normalized spacial score (nSPS) is 17.4. The van der Waals surface area contributed by atoms with Crippen LogP contribution in [0.2, 0.25) is 0 Å². The summed E-state index contributed by atoms with van der Waals surface area (Å²) < 4.78 is 46.1. The predicted molar refractivity (Wildman–Crippen MR) is 71.2 cm³/mol. The second kappa shape index (κ2) is 6.17. The minimum Gasteiger partial charge on any atom is -0.392 e. The summed E-state index contributed by atoms with van der Waals surface area (Å²) in [6.45, 7) is 2.03. The maximum Gasteiger partial charge on any atom is 0.241 e. The number of nitrogens with one attached hydrogen (secondary N) is 1. The van der Waals surface area contributed by atoms with Crippen molar-refractivity contribution in [2.75, 3.05) is 13.2 Å². The maximum absolute atomic E-state index is 13.7. The van der Waals surface area contributed by atoms with Crippen LogP contribution in [0.1, 0.15) is 24.0 Å². The summed E-state index contributed by atoms with van der Waals surface area (Å²) in [6.07, 6.45) is 1.20. The van der Waals surface area contributed by atoms with Gasteiger partial charge in [-0.1, -0.05) is 0 Å². The Hall–Kier alpha value is -1.02. The summed E-state index contributed by atoms with van der Waals surface area (Å²) in [7, 11) is -3.80. The van der Waals surface area contributed by atoms with Crippen LogP contribution >= 0.6 is 0 Å². The van der Waals surface area contributed by atoms with E-state index in [1.807, 2.05) is 0 Å². The molecule has 1 aromatic carbocycles. The van der Waals surface area contributed by atoms with Crippen molar-refractivity contribution in [1.29, 1.82) is 0 Å². The third-order valence-corrected chi connectivity index (χ3v) is 5.02. The fraction of sp³-hybridized carbons (Fsp3) is 0.538. The van der Waals surface area contributed by atoms with Gasteiger partial charge in [0.25, 0.3) is 0 Å². The third-order valence-electron chi connectivity index (χ3n) is 3.37. The van der Waals surface area contributed by atoms with E-state index in [4.69, 9.17) is 9.84 Å². The Morgan fingerprint density at radius 1 is 1.40 bits per heavy atom. The van der Waals surface area contributed by atoms with Crippen LogP contribution in [0.4, 0.5) is 4.39 Å². The molecule has 0 atom stereocenters. The lowest BCUT2D eigenvalue weighted by atomic mass is 10.1. The van der Waals surface area contributed by atoms with Gasteiger partial charge < -0.3 is 9.84 Å². The summed E-state index contributed by atoms with van der Waals surface area (Å²) >= 11 is 0. The lowest BCUT2D eigenvalue weighted by molar-refractivity contribution is 0.0832. The SMILES string of the molecule is Cc1c(F)cc(CO)cc1S(=O)(=O)NC1CCOCC1. The van der Waals surface area contributed by atoms with Crippen LogP contribution in [-0.4, -0.2) is 32.8 Å². The van der Waals surface area contributed by atoms with E-state index < -0.39 is 22.4 Å². The topological polar surface area (TPSA) is 75.6 Å². The van der Waals surface area contributed by atoms with Crippen molar-refractivity contribution in [3.8, 4) is 0 Å². The van der Waals surface area contributed by atoms with Gasteiger partial charge in [0.1, 0.15) is 5.82 Å². The number of aliphatic hydroxyl groups is 1. The molecular weight excluding hydrogens is 285 g/mol. The van der Waals surface area contributed by atoms with Crippen LogP contribution in [0, 0.1) is 12.7 Å². The Morgan fingerprint density at radius 3 is 2.65 bits per heavy atom. The molecular formula is C13H18FNO4S.